The Bertz CT molecular complexity index is 352. The minimum absolute atomic E-state index is 1.08. The molecule has 0 unspecified atom stereocenters. The molecular formula is C14H21N. The van der Waals surface area contributed by atoms with Crippen LogP contribution in [-0.4, -0.2) is 4.98 Å². The third-order valence-electron chi connectivity index (χ3n) is 3.65. The molecule has 1 aromatic rings. The summed E-state index contributed by atoms with van der Waals surface area (Å²) in [5.74, 6) is 0. The molecular weight excluding hydrogens is 182 g/mol. The summed E-state index contributed by atoms with van der Waals surface area (Å²) in [4.78, 5) is 4.86. The summed E-state index contributed by atoms with van der Waals surface area (Å²) >= 11 is 0. The Labute approximate surface area is 92.9 Å². The van der Waals surface area contributed by atoms with Gasteiger partial charge in [-0.15, -0.1) is 0 Å². The molecule has 82 valence electrons. The molecule has 1 aliphatic carbocycles. The summed E-state index contributed by atoms with van der Waals surface area (Å²) < 4.78 is 0. The monoisotopic (exact) mass is 203 g/mol. The Morgan fingerprint density at radius 1 is 1.07 bits per heavy atom. The van der Waals surface area contributed by atoms with E-state index in [1.54, 1.807) is 11.1 Å². The molecule has 0 fully saturated rings. The zero-order valence-corrected chi connectivity index (χ0v) is 10.2. The van der Waals surface area contributed by atoms with E-state index in [9.17, 15) is 0 Å². The van der Waals surface area contributed by atoms with Gasteiger partial charge >= 0.3 is 0 Å². The van der Waals surface area contributed by atoms with Crippen LogP contribution in [0.1, 0.15) is 54.8 Å². The van der Waals surface area contributed by atoms with Crippen LogP contribution in [-0.2, 0) is 25.7 Å². The SMILES string of the molecule is CCc1nc2c(c(C)c1CC)CCCC2. The van der Waals surface area contributed by atoms with Gasteiger partial charge in [-0.2, -0.15) is 0 Å². The normalized spacial score (nSPS) is 15.1. The molecule has 15 heavy (non-hydrogen) atoms. The first-order chi connectivity index (χ1) is 7.27. The number of aromatic nitrogens is 1. The molecule has 0 aliphatic heterocycles. The van der Waals surface area contributed by atoms with Gasteiger partial charge in [0.15, 0.2) is 0 Å². The van der Waals surface area contributed by atoms with E-state index in [1.807, 2.05) is 0 Å². The first-order valence-electron chi connectivity index (χ1n) is 6.28. The van der Waals surface area contributed by atoms with Gasteiger partial charge in [0.2, 0.25) is 0 Å². The maximum Gasteiger partial charge on any atom is 0.0441 e. The molecule has 1 heteroatoms. The van der Waals surface area contributed by atoms with E-state index >= 15 is 0 Å². The lowest BCUT2D eigenvalue weighted by Crippen LogP contribution is -2.12. The molecule has 0 N–H and O–H groups in total. The van der Waals surface area contributed by atoms with Crippen molar-refractivity contribution in [1.29, 1.82) is 0 Å². The van der Waals surface area contributed by atoms with E-state index in [1.165, 1.54) is 42.6 Å². The fourth-order valence-corrected chi connectivity index (χ4v) is 2.81. The third-order valence-corrected chi connectivity index (χ3v) is 3.65. The van der Waals surface area contributed by atoms with Crippen LogP contribution < -0.4 is 0 Å². The summed E-state index contributed by atoms with van der Waals surface area (Å²) in [5, 5.41) is 0. The molecule has 1 aromatic heterocycles. The van der Waals surface area contributed by atoms with Gasteiger partial charge in [0.25, 0.3) is 0 Å². The van der Waals surface area contributed by atoms with Crippen molar-refractivity contribution in [2.45, 2.75) is 59.3 Å². The van der Waals surface area contributed by atoms with Crippen LogP contribution in [0, 0.1) is 6.92 Å². The molecule has 0 atom stereocenters. The van der Waals surface area contributed by atoms with Gasteiger partial charge in [0.1, 0.15) is 0 Å². The van der Waals surface area contributed by atoms with Gasteiger partial charge in [0.05, 0.1) is 0 Å². The summed E-state index contributed by atoms with van der Waals surface area (Å²) in [6.07, 6.45) is 7.35. The molecule has 0 bridgehead atoms. The first-order valence-corrected chi connectivity index (χ1v) is 6.28. The average Bonchev–Trinajstić information content (AvgIpc) is 2.29. The lowest BCUT2D eigenvalue weighted by molar-refractivity contribution is 0.655. The van der Waals surface area contributed by atoms with Crippen molar-refractivity contribution >= 4 is 0 Å². The van der Waals surface area contributed by atoms with Crippen LogP contribution in [0.15, 0.2) is 0 Å². The highest BCUT2D eigenvalue weighted by molar-refractivity contribution is 5.41. The number of pyridine rings is 1. The number of hydrogen-bond acceptors (Lipinski definition) is 1. The van der Waals surface area contributed by atoms with Crippen LogP contribution in [0.2, 0.25) is 0 Å². The Kier molecular flexibility index (Phi) is 3.08. The largest absolute Gasteiger partial charge is 0.257 e. The van der Waals surface area contributed by atoms with Crippen LogP contribution in [0.3, 0.4) is 0 Å². The predicted octanol–water partition coefficient (Wildman–Crippen LogP) is 3.39. The van der Waals surface area contributed by atoms with Gasteiger partial charge in [-0.3, -0.25) is 4.98 Å². The Balaban J connectivity index is 2.57. The Morgan fingerprint density at radius 3 is 2.47 bits per heavy atom. The van der Waals surface area contributed by atoms with Crippen molar-refractivity contribution in [2.75, 3.05) is 0 Å². The average molecular weight is 203 g/mol. The summed E-state index contributed by atoms with van der Waals surface area (Å²) in [5.41, 5.74) is 7.36. The highest BCUT2D eigenvalue weighted by atomic mass is 14.7. The Morgan fingerprint density at radius 2 is 1.80 bits per heavy atom. The zero-order chi connectivity index (χ0) is 10.8. The predicted molar refractivity (Wildman–Crippen MR) is 64.4 cm³/mol. The standard InChI is InChI=1S/C14H21N/c1-4-11-10(3)12-8-6-7-9-14(12)15-13(11)5-2/h4-9H2,1-3H3. The number of rotatable bonds is 2. The summed E-state index contributed by atoms with van der Waals surface area (Å²) in [7, 11) is 0. The molecule has 1 nitrogen and oxygen atoms in total. The van der Waals surface area contributed by atoms with Gasteiger partial charge in [-0.05, 0) is 62.1 Å². The van der Waals surface area contributed by atoms with Crippen molar-refractivity contribution in [3.8, 4) is 0 Å². The van der Waals surface area contributed by atoms with Crippen LogP contribution >= 0.6 is 0 Å². The van der Waals surface area contributed by atoms with Crippen molar-refractivity contribution < 1.29 is 0 Å². The first kappa shape index (κ1) is 10.7. The van der Waals surface area contributed by atoms with Gasteiger partial charge in [-0.25, -0.2) is 0 Å². The van der Waals surface area contributed by atoms with Gasteiger partial charge in [0, 0.05) is 11.4 Å². The van der Waals surface area contributed by atoms with Crippen LogP contribution in [0.4, 0.5) is 0 Å². The molecule has 0 amide bonds. The molecule has 2 rings (SSSR count). The van der Waals surface area contributed by atoms with Crippen molar-refractivity contribution in [2.24, 2.45) is 0 Å². The molecule has 1 aliphatic rings. The second-order valence-electron chi connectivity index (χ2n) is 4.50. The van der Waals surface area contributed by atoms with Crippen molar-refractivity contribution in [1.82, 2.24) is 4.98 Å². The molecule has 1 heterocycles. The second-order valence-corrected chi connectivity index (χ2v) is 4.50. The highest BCUT2D eigenvalue weighted by Gasteiger charge is 2.17. The van der Waals surface area contributed by atoms with E-state index < -0.39 is 0 Å². The van der Waals surface area contributed by atoms with Crippen molar-refractivity contribution in [3.63, 3.8) is 0 Å². The molecule has 0 saturated heterocycles. The maximum atomic E-state index is 4.86. The maximum absolute atomic E-state index is 4.86. The zero-order valence-electron chi connectivity index (χ0n) is 10.2. The summed E-state index contributed by atoms with van der Waals surface area (Å²) in [6, 6.07) is 0. The number of hydrogen-bond donors (Lipinski definition) is 0. The minimum Gasteiger partial charge on any atom is -0.257 e. The fraction of sp³-hybridized carbons (Fsp3) is 0.643. The smallest absolute Gasteiger partial charge is 0.0441 e. The van der Waals surface area contributed by atoms with E-state index in [4.69, 9.17) is 4.98 Å². The second kappa shape index (κ2) is 4.34. The van der Waals surface area contributed by atoms with E-state index in [0.29, 0.717) is 0 Å². The molecule has 0 saturated carbocycles. The quantitative estimate of drug-likeness (QED) is 0.718. The van der Waals surface area contributed by atoms with E-state index in [2.05, 4.69) is 20.8 Å². The lowest BCUT2D eigenvalue weighted by atomic mass is 9.88. The molecule has 0 aromatic carbocycles. The Hall–Kier alpha value is -0.850. The minimum atomic E-state index is 1.08. The van der Waals surface area contributed by atoms with Crippen molar-refractivity contribution in [3.05, 3.63) is 28.1 Å². The van der Waals surface area contributed by atoms with Crippen LogP contribution in [0.25, 0.3) is 0 Å². The molecule has 0 spiro atoms. The van der Waals surface area contributed by atoms with E-state index in [0.717, 1.165) is 12.8 Å². The van der Waals surface area contributed by atoms with Gasteiger partial charge < -0.3 is 0 Å². The number of fused-ring (bicyclic) bond motifs is 1. The topological polar surface area (TPSA) is 12.9 Å². The third kappa shape index (κ3) is 1.80. The molecule has 0 radical (unpaired) electrons. The fourth-order valence-electron chi connectivity index (χ4n) is 2.81. The summed E-state index contributed by atoms with van der Waals surface area (Å²) in [6.45, 7) is 6.76. The highest BCUT2D eigenvalue weighted by Crippen LogP contribution is 2.27. The number of nitrogens with zero attached hydrogens (tertiary/aromatic N) is 1. The van der Waals surface area contributed by atoms with Gasteiger partial charge in [-0.1, -0.05) is 13.8 Å². The number of aryl methyl sites for hydroxylation is 2. The van der Waals surface area contributed by atoms with Crippen LogP contribution in [0.5, 0.6) is 0 Å². The lowest BCUT2D eigenvalue weighted by Gasteiger charge is -2.21. The van der Waals surface area contributed by atoms with E-state index in [-0.39, 0.29) is 0 Å².